The minimum absolute atomic E-state index is 0.132. The topological polar surface area (TPSA) is 113 Å². The highest BCUT2D eigenvalue weighted by Crippen LogP contribution is 2.30. The number of fused-ring (bicyclic) bond motifs is 1. The van der Waals surface area contributed by atoms with Crippen molar-refractivity contribution in [3.8, 4) is 0 Å². The SMILES string of the molecule is CNC(=O)CN(C)C(=O)COC(=O)c1ccc2c(c1)CCN2S(C)(=O)=O. The fraction of sp³-hybridized carbons (Fsp3) is 0.438. The molecule has 0 saturated carbocycles. The number of nitrogens with zero attached hydrogens (tertiary/aromatic N) is 2. The second-order valence-electron chi connectivity index (χ2n) is 5.93. The summed E-state index contributed by atoms with van der Waals surface area (Å²) in [4.78, 5) is 36.4. The summed E-state index contributed by atoms with van der Waals surface area (Å²) in [5.41, 5.74) is 1.51. The number of amides is 2. The van der Waals surface area contributed by atoms with Crippen LogP contribution in [0.2, 0.25) is 0 Å². The maximum Gasteiger partial charge on any atom is 0.338 e. The Morgan fingerprint density at radius 3 is 2.62 bits per heavy atom. The highest BCUT2D eigenvalue weighted by molar-refractivity contribution is 7.92. The standard InChI is InChI=1S/C16H21N3O6S/c1-17-14(20)9-18(2)15(21)10-25-16(22)12-4-5-13-11(8-12)6-7-19(13)26(3,23)24/h4-5,8H,6-7,9-10H2,1-3H3,(H,17,20). The summed E-state index contributed by atoms with van der Waals surface area (Å²) in [5, 5.41) is 2.39. The lowest BCUT2D eigenvalue weighted by atomic mass is 10.1. The molecule has 0 spiro atoms. The van der Waals surface area contributed by atoms with Crippen LogP contribution in [0.4, 0.5) is 5.69 Å². The summed E-state index contributed by atoms with van der Waals surface area (Å²) >= 11 is 0. The molecule has 26 heavy (non-hydrogen) atoms. The largest absolute Gasteiger partial charge is 0.452 e. The van der Waals surface area contributed by atoms with Crippen molar-refractivity contribution in [1.29, 1.82) is 0 Å². The Labute approximate surface area is 152 Å². The van der Waals surface area contributed by atoms with E-state index in [0.717, 1.165) is 16.7 Å². The Bertz CT molecular complexity index is 836. The number of hydrogen-bond donors (Lipinski definition) is 1. The summed E-state index contributed by atoms with van der Waals surface area (Å²) in [6.07, 6.45) is 1.63. The summed E-state index contributed by atoms with van der Waals surface area (Å²) in [7, 11) is -0.469. The molecule has 1 aliphatic rings. The van der Waals surface area contributed by atoms with E-state index in [1.807, 2.05) is 0 Å². The van der Waals surface area contributed by atoms with Gasteiger partial charge in [-0.2, -0.15) is 0 Å². The van der Waals surface area contributed by atoms with Gasteiger partial charge in [-0.15, -0.1) is 0 Å². The maximum absolute atomic E-state index is 12.1. The second kappa shape index (κ2) is 7.73. The number of carbonyl (C=O) groups is 3. The molecule has 0 bridgehead atoms. The van der Waals surface area contributed by atoms with Crippen LogP contribution < -0.4 is 9.62 Å². The number of sulfonamides is 1. The highest BCUT2D eigenvalue weighted by atomic mass is 32.2. The molecule has 0 saturated heterocycles. The Morgan fingerprint density at radius 1 is 1.31 bits per heavy atom. The predicted octanol–water partition coefficient (Wildman–Crippen LogP) is -0.630. The van der Waals surface area contributed by atoms with E-state index < -0.39 is 28.5 Å². The van der Waals surface area contributed by atoms with Crippen molar-refractivity contribution in [1.82, 2.24) is 10.2 Å². The van der Waals surface area contributed by atoms with Gasteiger partial charge in [0, 0.05) is 20.6 Å². The first-order valence-electron chi connectivity index (χ1n) is 7.85. The number of ether oxygens (including phenoxy) is 1. The zero-order chi connectivity index (χ0) is 19.5. The van der Waals surface area contributed by atoms with Crippen LogP contribution in [-0.2, 0) is 30.8 Å². The molecule has 2 amide bonds. The molecular weight excluding hydrogens is 362 g/mol. The minimum atomic E-state index is -3.36. The molecule has 2 rings (SSSR count). The molecule has 1 aliphatic heterocycles. The fourth-order valence-corrected chi connectivity index (χ4v) is 3.50. The number of esters is 1. The number of nitrogens with one attached hydrogen (secondary N) is 1. The van der Waals surface area contributed by atoms with Gasteiger partial charge in [0.15, 0.2) is 6.61 Å². The number of likely N-dealkylation sites (N-methyl/N-ethyl adjacent to an activating group) is 2. The highest BCUT2D eigenvalue weighted by Gasteiger charge is 2.27. The first-order chi connectivity index (χ1) is 12.1. The van der Waals surface area contributed by atoms with E-state index >= 15 is 0 Å². The third kappa shape index (κ3) is 4.51. The molecule has 0 fully saturated rings. The van der Waals surface area contributed by atoms with Crippen molar-refractivity contribution in [3.63, 3.8) is 0 Å². The molecule has 1 heterocycles. The molecule has 0 unspecified atom stereocenters. The first kappa shape index (κ1) is 19.7. The van der Waals surface area contributed by atoms with Gasteiger partial charge in [-0.3, -0.25) is 13.9 Å². The Hall–Kier alpha value is -2.62. The smallest absolute Gasteiger partial charge is 0.338 e. The van der Waals surface area contributed by atoms with Crippen molar-refractivity contribution < 1.29 is 27.5 Å². The molecule has 1 aromatic carbocycles. The van der Waals surface area contributed by atoms with Crippen LogP contribution in [0.1, 0.15) is 15.9 Å². The van der Waals surface area contributed by atoms with Gasteiger partial charge < -0.3 is 15.0 Å². The van der Waals surface area contributed by atoms with Crippen molar-refractivity contribution in [2.75, 3.05) is 44.4 Å². The minimum Gasteiger partial charge on any atom is -0.452 e. The van der Waals surface area contributed by atoms with Gasteiger partial charge in [0.25, 0.3) is 5.91 Å². The zero-order valence-corrected chi connectivity index (χ0v) is 15.6. The number of rotatable bonds is 6. The Balaban J connectivity index is 1.99. The van der Waals surface area contributed by atoms with Gasteiger partial charge in [-0.1, -0.05) is 0 Å². The average Bonchev–Trinajstić information content (AvgIpc) is 3.02. The van der Waals surface area contributed by atoms with Crippen molar-refractivity contribution in [2.24, 2.45) is 0 Å². The average molecular weight is 383 g/mol. The van der Waals surface area contributed by atoms with Crippen molar-refractivity contribution in [2.45, 2.75) is 6.42 Å². The third-order valence-electron chi connectivity index (χ3n) is 3.98. The van der Waals surface area contributed by atoms with E-state index in [1.54, 1.807) is 12.1 Å². The van der Waals surface area contributed by atoms with Crippen LogP contribution in [0.3, 0.4) is 0 Å². The van der Waals surface area contributed by atoms with Crippen LogP contribution in [-0.4, -0.2) is 71.1 Å². The van der Waals surface area contributed by atoms with E-state index in [0.29, 0.717) is 18.7 Å². The zero-order valence-electron chi connectivity index (χ0n) is 14.8. The van der Waals surface area contributed by atoms with E-state index in [1.165, 1.54) is 24.5 Å². The molecule has 0 radical (unpaired) electrons. The number of carbonyl (C=O) groups excluding carboxylic acids is 3. The van der Waals surface area contributed by atoms with Crippen LogP contribution in [0.15, 0.2) is 18.2 Å². The molecule has 0 aromatic heterocycles. The lowest BCUT2D eigenvalue weighted by molar-refractivity contribution is -0.137. The van der Waals surface area contributed by atoms with E-state index in [9.17, 15) is 22.8 Å². The van der Waals surface area contributed by atoms with Crippen molar-refractivity contribution in [3.05, 3.63) is 29.3 Å². The van der Waals surface area contributed by atoms with Crippen LogP contribution in [0.25, 0.3) is 0 Å². The van der Waals surface area contributed by atoms with E-state index in [4.69, 9.17) is 4.74 Å². The summed E-state index contributed by atoms with van der Waals surface area (Å²) in [6, 6.07) is 4.59. The van der Waals surface area contributed by atoms with Crippen LogP contribution in [0, 0.1) is 0 Å². The van der Waals surface area contributed by atoms with E-state index in [-0.39, 0.29) is 18.0 Å². The molecule has 0 aliphatic carbocycles. The van der Waals surface area contributed by atoms with Gasteiger partial charge in [-0.05, 0) is 30.2 Å². The number of anilines is 1. The van der Waals surface area contributed by atoms with Gasteiger partial charge >= 0.3 is 5.97 Å². The molecule has 1 N–H and O–H groups in total. The third-order valence-corrected chi connectivity index (χ3v) is 5.16. The summed E-state index contributed by atoms with van der Waals surface area (Å²) in [5.74, 6) is -1.53. The number of hydrogen-bond acceptors (Lipinski definition) is 6. The maximum atomic E-state index is 12.1. The molecular formula is C16H21N3O6S. The number of benzene rings is 1. The summed E-state index contributed by atoms with van der Waals surface area (Å²) in [6.45, 7) is -0.290. The van der Waals surface area contributed by atoms with E-state index in [2.05, 4.69) is 5.32 Å². The van der Waals surface area contributed by atoms with Crippen molar-refractivity contribution >= 4 is 33.5 Å². The lowest BCUT2D eigenvalue weighted by Crippen LogP contribution is -2.39. The van der Waals surface area contributed by atoms with Crippen LogP contribution >= 0.6 is 0 Å². The first-order valence-corrected chi connectivity index (χ1v) is 9.70. The van der Waals surface area contributed by atoms with Gasteiger partial charge in [0.1, 0.15) is 0 Å². The second-order valence-corrected chi connectivity index (χ2v) is 7.83. The van der Waals surface area contributed by atoms with Gasteiger partial charge in [-0.25, -0.2) is 13.2 Å². The van der Waals surface area contributed by atoms with Crippen LogP contribution in [0.5, 0.6) is 0 Å². The normalized spacial score (nSPS) is 13.1. The molecule has 1 aromatic rings. The van der Waals surface area contributed by atoms with Gasteiger partial charge in [0.2, 0.25) is 15.9 Å². The monoisotopic (exact) mass is 383 g/mol. The molecule has 9 nitrogen and oxygen atoms in total. The lowest BCUT2D eigenvalue weighted by Gasteiger charge is -2.17. The fourth-order valence-electron chi connectivity index (χ4n) is 2.55. The molecule has 142 valence electrons. The Morgan fingerprint density at radius 2 is 2.00 bits per heavy atom. The molecule has 10 heteroatoms. The quantitative estimate of drug-likeness (QED) is 0.655. The molecule has 0 atom stereocenters. The predicted molar refractivity (Wildman–Crippen MR) is 94.3 cm³/mol. The van der Waals surface area contributed by atoms with Gasteiger partial charge in [0.05, 0.1) is 24.1 Å². The summed E-state index contributed by atoms with van der Waals surface area (Å²) < 4.78 is 29.7. The Kier molecular flexibility index (Phi) is 5.86.